The highest BCUT2D eigenvalue weighted by Crippen LogP contribution is 2.38. The standard InChI is InChI=1S/C27H26ClFN8O4/c1-34-8-14-5-15(9-34)37(14)21-6-20(18(28)7-31-21)33-22(38)11-36-10-17(23-26(36)32-12-35(2)27(23)41)13-3-16(25(30)40)24(39)19(29)4-13/h3-4,6-7,10,12,14-15,39H,5,8-9,11H2,1-2H3,(H2,30,40)(H,31,33,38). The van der Waals surface area contributed by atoms with Gasteiger partial charge in [0.1, 0.15) is 18.0 Å². The van der Waals surface area contributed by atoms with Crippen LogP contribution in [0.5, 0.6) is 5.75 Å². The van der Waals surface area contributed by atoms with E-state index in [1.165, 1.54) is 41.0 Å². The lowest BCUT2D eigenvalue weighted by molar-refractivity contribution is -0.116. The summed E-state index contributed by atoms with van der Waals surface area (Å²) in [5, 5.41) is 13.1. The summed E-state index contributed by atoms with van der Waals surface area (Å²) in [6.07, 6.45) is 5.38. The summed E-state index contributed by atoms with van der Waals surface area (Å²) in [5.41, 5.74) is 5.29. The molecule has 0 radical (unpaired) electrons. The van der Waals surface area contributed by atoms with Gasteiger partial charge in [-0.25, -0.2) is 14.4 Å². The molecule has 0 aliphatic carbocycles. The van der Waals surface area contributed by atoms with Crippen LogP contribution in [0.3, 0.4) is 0 Å². The number of aromatic nitrogens is 4. The van der Waals surface area contributed by atoms with E-state index in [1.807, 2.05) is 0 Å². The van der Waals surface area contributed by atoms with Crippen molar-refractivity contribution in [3.8, 4) is 16.9 Å². The van der Waals surface area contributed by atoms with Crippen molar-refractivity contribution in [2.45, 2.75) is 25.0 Å². The highest BCUT2D eigenvalue weighted by atomic mass is 35.5. The summed E-state index contributed by atoms with van der Waals surface area (Å²) in [5.74, 6) is -2.74. The number of carbonyl (C=O) groups excluding carboxylic acids is 2. The van der Waals surface area contributed by atoms with E-state index in [4.69, 9.17) is 17.3 Å². The molecule has 7 rings (SSSR count). The number of halogens is 2. The molecular weight excluding hydrogens is 555 g/mol. The van der Waals surface area contributed by atoms with Crippen LogP contribution in [0, 0.1) is 5.82 Å². The van der Waals surface area contributed by atoms with Crippen LogP contribution in [0.1, 0.15) is 16.8 Å². The molecule has 3 saturated heterocycles. The number of fused-ring (bicyclic) bond motifs is 3. The van der Waals surface area contributed by atoms with E-state index in [-0.39, 0.29) is 33.7 Å². The first-order chi connectivity index (χ1) is 19.5. The molecule has 41 heavy (non-hydrogen) atoms. The third kappa shape index (κ3) is 4.56. The average Bonchev–Trinajstić information content (AvgIpc) is 3.27. The fourth-order valence-electron chi connectivity index (χ4n) is 5.75. The highest BCUT2D eigenvalue weighted by molar-refractivity contribution is 6.33. The number of anilines is 2. The van der Waals surface area contributed by atoms with Gasteiger partial charge in [-0.3, -0.25) is 14.4 Å². The van der Waals surface area contributed by atoms with E-state index >= 15 is 0 Å². The number of nitrogens with zero attached hydrogens (tertiary/aromatic N) is 6. The number of amides is 2. The second-order valence-electron chi connectivity index (χ2n) is 10.5. The number of likely N-dealkylation sites (N-methyl/N-ethyl adjacent to an activating group) is 1. The fourth-order valence-corrected chi connectivity index (χ4v) is 5.90. The first kappa shape index (κ1) is 26.7. The van der Waals surface area contributed by atoms with Crippen LogP contribution in [0.15, 0.2) is 41.7 Å². The van der Waals surface area contributed by atoms with Crippen LogP contribution in [-0.2, 0) is 18.4 Å². The number of rotatable bonds is 6. The van der Waals surface area contributed by atoms with Gasteiger partial charge in [0.2, 0.25) is 5.91 Å². The number of hydrogen-bond acceptors (Lipinski definition) is 8. The summed E-state index contributed by atoms with van der Waals surface area (Å²) >= 11 is 6.38. The summed E-state index contributed by atoms with van der Waals surface area (Å²) in [6.45, 7) is 1.61. The number of phenols is 1. The van der Waals surface area contributed by atoms with Crippen molar-refractivity contribution in [2.24, 2.45) is 12.8 Å². The molecule has 3 aromatic heterocycles. The lowest BCUT2D eigenvalue weighted by Gasteiger charge is -2.56. The van der Waals surface area contributed by atoms with Crippen molar-refractivity contribution in [2.75, 3.05) is 30.4 Å². The highest BCUT2D eigenvalue weighted by Gasteiger charge is 2.44. The number of nitrogens with two attached hydrogens (primary N) is 1. The molecule has 1 aromatic carbocycles. The lowest BCUT2D eigenvalue weighted by atomic mass is 9.87. The maximum atomic E-state index is 14.5. The minimum atomic E-state index is -1.09. The molecule has 4 N–H and O–H groups in total. The quantitative estimate of drug-likeness (QED) is 0.313. The molecule has 2 bridgehead atoms. The van der Waals surface area contributed by atoms with Crippen LogP contribution in [0.2, 0.25) is 5.02 Å². The molecule has 2 atom stereocenters. The van der Waals surface area contributed by atoms with Crippen molar-refractivity contribution in [3.63, 3.8) is 0 Å². The Morgan fingerprint density at radius 1 is 1.20 bits per heavy atom. The molecule has 2 unspecified atom stereocenters. The van der Waals surface area contributed by atoms with Crippen LogP contribution in [0.4, 0.5) is 15.9 Å². The number of carbonyl (C=O) groups is 2. The number of benzene rings is 1. The van der Waals surface area contributed by atoms with E-state index in [1.54, 1.807) is 6.07 Å². The Balaban J connectivity index is 1.33. The van der Waals surface area contributed by atoms with Gasteiger partial charge < -0.3 is 35.1 Å². The van der Waals surface area contributed by atoms with Gasteiger partial charge in [0.15, 0.2) is 11.6 Å². The zero-order valence-electron chi connectivity index (χ0n) is 22.1. The van der Waals surface area contributed by atoms with Crippen molar-refractivity contribution in [1.29, 1.82) is 0 Å². The van der Waals surface area contributed by atoms with E-state index < -0.39 is 34.5 Å². The molecular formula is C27H26ClFN8O4. The zero-order valence-corrected chi connectivity index (χ0v) is 22.9. The van der Waals surface area contributed by atoms with Gasteiger partial charge in [0.25, 0.3) is 11.5 Å². The van der Waals surface area contributed by atoms with Crippen molar-refractivity contribution < 1.29 is 19.1 Å². The van der Waals surface area contributed by atoms with Gasteiger partial charge in [-0.1, -0.05) is 11.6 Å². The number of pyridine rings is 1. The minimum absolute atomic E-state index is 0.0989. The molecule has 12 nitrogen and oxygen atoms in total. The molecule has 2 amide bonds. The fraction of sp³-hybridized carbons (Fsp3) is 0.296. The maximum Gasteiger partial charge on any atom is 0.263 e. The molecule has 212 valence electrons. The Morgan fingerprint density at radius 2 is 1.93 bits per heavy atom. The molecule has 3 fully saturated rings. The van der Waals surface area contributed by atoms with Crippen LogP contribution in [0.25, 0.3) is 22.2 Å². The first-order valence-electron chi connectivity index (χ1n) is 12.8. The third-order valence-electron chi connectivity index (χ3n) is 7.65. The van der Waals surface area contributed by atoms with E-state index in [0.29, 0.717) is 17.8 Å². The van der Waals surface area contributed by atoms with Crippen molar-refractivity contribution in [3.05, 3.63) is 63.7 Å². The van der Waals surface area contributed by atoms with Crippen molar-refractivity contribution >= 4 is 46.0 Å². The Kier molecular flexibility index (Phi) is 6.42. The Labute approximate surface area is 237 Å². The lowest BCUT2D eigenvalue weighted by Crippen LogP contribution is -2.68. The SMILES string of the molecule is CN1CC2CC(C1)N2c1cc(NC(=O)Cn2cc(-c3cc(F)c(O)c(C(N)=O)c3)c3c(=O)n(C)cnc32)c(Cl)cn1. The predicted molar refractivity (Wildman–Crippen MR) is 151 cm³/mol. The molecule has 3 aliphatic heterocycles. The van der Waals surface area contributed by atoms with E-state index in [2.05, 4.69) is 32.1 Å². The monoisotopic (exact) mass is 580 g/mol. The number of nitrogens with one attached hydrogen (secondary N) is 1. The predicted octanol–water partition coefficient (Wildman–Crippen LogP) is 1.93. The Hall–Kier alpha value is -4.49. The van der Waals surface area contributed by atoms with E-state index in [0.717, 1.165) is 31.4 Å². The van der Waals surface area contributed by atoms with Gasteiger partial charge in [-0.05, 0) is 31.2 Å². The van der Waals surface area contributed by atoms with Crippen LogP contribution in [-0.4, -0.2) is 73.1 Å². The number of aromatic hydroxyl groups is 1. The maximum absolute atomic E-state index is 14.5. The summed E-state index contributed by atoms with van der Waals surface area (Å²) < 4.78 is 17.2. The number of hydrogen-bond donors (Lipinski definition) is 3. The van der Waals surface area contributed by atoms with Gasteiger partial charge >= 0.3 is 0 Å². The Bertz CT molecular complexity index is 1790. The number of piperidine rings is 1. The second-order valence-corrected chi connectivity index (χ2v) is 10.9. The Morgan fingerprint density at radius 3 is 2.63 bits per heavy atom. The molecule has 14 heteroatoms. The average molecular weight is 581 g/mol. The number of aryl methyl sites for hydroxylation is 1. The minimum Gasteiger partial charge on any atom is -0.504 e. The third-order valence-corrected chi connectivity index (χ3v) is 7.95. The van der Waals surface area contributed by atoms with Crippen LogP contribution >= 0.6 is 11.6 Å². The zero-order chi connectivity index (χ0) is 29.2. The number of primary amides is 1. The second kappa shape index (κ2) is 9.85. The van der Waals surface area contributed by atoms with Gasteiger partial charge in [-0.2, -0.15) is 0 Å². The summed E-state index contributed by atoms with van der Waals surface area (Å²) in [4.78, 5) is 51.5. The van der Waals surface area contributed by atoms with E-state index in [9.17, 15) is 23.9 Å². The van der Waals surface area contributed by atoms with Gasteiger partial charge in [-0.15, -0.1) is 0 Å². The summed E-state index contributed by atoms with van der Waals surface area (Å²) in [7, 11) is 3.59. The molecule has 4 aromatic rings. The van der Waals surface area contributed by atoms with Gasteiger partial charge in [0.05, 0.1) is 34.2 Å². The normalized spacial score (nSPS) is 18.4. The topological polar surface area (TPSA) is 152 Å². The molecule has 3 aliphatic rings. The molecule has 0 spiro atoms. The van der Waals surface area contributed by atoms with Crippen molar-refractivity contribution in [1.82, 2.24) is 24.0 Å². The summed E-state index contributed by atoms with van der Waals surface area (Å²) in [6, 6.07) is 4.63. The van der Waals surface area contributed by atoms with Crippen LogP contribution < -0.4 is 21.5 Å². The molecule has 6 heterocycles. The first-order valence-corrected chi connectivity index (χ1v) is 13.2. The molecule has 0 saturated carbocycles. The number of piperazine rings is 1. The smallest absolute Gasteiger partial charge is 0.263 e. The van der Waals surface area contributed by atoms with Gasteiger partial charge in [0, 0.05) is 50.0 Å². The largest absolute Gasteiger partial charge is 0.504 e.